The van der Waals surface area contributed by atoms with Crippen LogP contribution in [0.1, 0.15) is 56.6 Å². The lowest BCUT2D eigenvalue weighted by molar-refractivity contribution is -0.126. The van der Waals surface area contributed by atoms with Crippen molar-refractivity contribution in [3.8, 4) is 5.69 Å². The van der Waals surface area contributed by atoms with Crippen LogP contribution in [0.25, 0.3) is 22.3 Å². The molecule has 0 spiro atoms. The van der Waals surface area contributed by atoms with E-state index in [9.17, 15) is 19.1 Å². The Labute approximate surface area is 242 Å². The van der Waals surface area contributed by atoms with Gasteiger partial charge in [0.1, 0.15) is 29.4 Å². The zero-order valence-corrected chi connectivity index (χ0v) is 24.1. The van der Waals surface area contributed by atoms with Crippen molar-refractivity contribution in [3.63, 3.8) is 0 Å². The second-order valence-corrected chi connectivity index (χ2v) is 10.4. The van der Waals surface area contributed by atoms with Gasteiger partial charge in [-0.1, -0.05) is 47.4 Å². The average Bonchev–Trinajstić information content (AvgIpc) is 2.96. The summed E-state index contributed by atoms with van der Waals surface area (Å²) in [5.74, 6) is -3.16. The van der Waals surface area contributed by atoms with E-state index in [1.54, 1.807) is 9.80 Å². The summed E-state index contributed by atoms with van der Waals surface area (Å²) < 4.78 is 31.6. The Hall–Kier alpha value is -4.74. The first-order valence-corrected chi connectivity index (χ1v) is 13.5. The molecule has 1 aliphatic heterocycles. The number of hydrogen-bond donors (Lipinski definition) is 1. The third-order valence-electron chi connectivity index (χ3n) is 7.02. The van der Waals surface area contributed by atoms with E-state index in [0.717, 1.165) is 12.1 Å². The Morgan fingerprint density at radius 1 is 1.02 bits per heavy atom. The fraction of sp³-hybridized carbons (Fsp3) is 0.333. The number of pyridine rings is 1. The summed E-state index contributed by atoms with van der Waals surface area (Å²) in [6.45, 7) is 19.1. The molecule has 0 aromatic carbocycles. The number of aliphatic hydroxyl groups excluding tert-OH is 1. The molecular formula is C30H33F2N7O3. The van der Waals surface area contributed by atoms with Crippen LogP contribution in [0, 0.1) is 5.82 Å². The van der Waals surface area contributed by atoms with Crippen molar-refractivity contribution in [2.75, 3.05) is 31.1 Å². The monoisotopic (exact) mass is 577 g/mol. The third-order valence-corrected chi connectivity index (χ3v) is 7.02. The maximum Gasteiger partial charge on any atom is 0.355 e. The van der Waals surface area contributed by atoms with Gasteiger partial charge in [0.05, 0.1) is 28.0 Å². The minimum Gasteiger partial charge on any atom is -0.507 e. The summed E-state index contributed by atoms with van der Waals surface area (Å²) in [6.07, 6.45) is 3.59. The van der Waals surface area contributed by atoms with Crippen molar-refractivity contribution in [1.82, 2.24) is 29.4 Å². The summed E-state index contributed by atoms with van der Waals surface area (Å²) in [4.78, 5) is 47.1. The van der Waals surface area contributed by atoms with Crippen LogP contribution in [-0.4, -0.2) is 66.6 Å². The minimum atomic E-state index is -1.14. The summed E-state index contributed by atoms with van der Waals surface area (Å²) in [7, 11) is 0. The van der Waals surface area contributed by atoms with Gasteiger partial charge in [0.25, 0.3) is 0 Å². The fourth-order valence-corrected chi connectivity index (χ4v) is 4.96. The molecule has 0 radical (unpaired) electrons. The second-order valence-electron chi connectivity index (χ2n) is 10.4. The molecule has 0 aliphatic carbocycles. The maximum atomic E-state index is 15.8. The number of fused-ring (bicyclic) bond motifs is 1. The molecule has 0 unspecified atom stereocenters. The van der Waals surface area contributed by atoms with Crippen LogP contribution >= 0.6 is 0 Å². The standard InChI is InChI=1S/C30H33F2N7O3/c1-8-21(40)23(18(7)31)26-20(32)14-19-28(38-12-10-37(11-13-38)22(41)9-2)36-30(42)39(29(19)35-26)27-24(16(3)4)33-15-34-25(27)17(5)6/h8-9,14-17,40H,1-2,7,10-13H2,3-6H3/b23-21-. The molecule has 1 aliphatic rings. The molecule has 0 atom stereocenters. The molecule has 4 rings (SSSR count). The summed E-state index contributed by atoms with van der Waals surface area (Å²) in [5, 5.41) is 10.5. The van der Waals surface area contributed by atoms with E-state index < -0.39 is 34.4 Å². The second kappa shape index (κ2) is 12.0. The predicted molar refractivity (Wildman–Crippen MR) is 158 cm³/mol. The average molecular weight is 578 g/mol. The zero-order valence-electron chi connectivity index (χ0n) is 24.1. The van der Waals surface area contributed by atoms with Gasteiger partial charge in [-0.25, -0.2) is 33.1 Å². The van der Waals surface area contributed by atoms with Gasteiger partial charge >= 0.3 is 5.69 Å². The molecule has 42 heavy (non-hydrogen) atoms. The summed E-state index contributed by atoms with van der Waals surface area (Å²) >= 11 is 0. The Balaban J connectivity index is 2.11. The molecule has 1 saturated heterocycles. The number of piperazine rings is 1. The molecule has 1 N–H and O–H groups in total. The molecule has 4 heterocycles. The normalized spacial score (nSPS) is 14.4. The molecule has 0 saturated carbocycles. The van der Waals surface area contributed by atoms with Crippen LogP contribution in [-0.2, 0) is 4.79 Å². The van der Waals surface area contributed by atoms with Gasteiger partial charge in [-0.15, -0.1) is 0 Å². The Morgan fingerprint density at radius 2 is 1.62 bits per heavy atom. The highest BCUT2D eigenvalue weighted by atomic mass is 19.1. The van der Waals surface area contributed by atoms with Gasteiger partial charge < -0.3 is 14.9 Å². The third kappa shape index (κ3) is 5.44. The number of carbonyl (C=O) groups is 1. The van der Waals surface area contributed by atoms with E-state index in [4.69, 9.17) is 0 Å². The van der Waals surface area contributed by atoms with Gasteiger partial charge in [0, 0.05) is 26.2 Å². The van der Waals surface area contributed by atoms with E-state index in [1.165, 1.54) is 17.0 Å². The summed E-state index contributed by atoms with van der Waals surface area (Å²) in [5.41, 5.74) is -0.515. The molecular weight excluding hydrogens is 544 g/mol. The Kier molecular flexibility index (Phi) is 8.64. The molecule has 3 aromatic rings. The molecule has 1 amide bonds. The molecule has 10 nitrogen and oxygen atoms in total. The molecule has 1 fully saturated rings. The minimum absolute atomic E-state index is 0.0415. The van der Waals surface area contributed by atoms with Crippen LogP contribution in [0.4, 0.5) is 14.6 Å². The molecule has 220 valence electrons. The number of aliphatic hydroxyl groups is 1. The lowest BCUT2D eigenvalue weighted by atomic mass is 10.0. The molecule has 3 aromatic heterocycles. The van der Waals surface area contributed by atoms with Gasteiger partial charge in [-0.2, -0.15) is 4.98 Å². The van der Waals surface area contributed by atoms with Crippen molar-refractivity contribution in [2.45, 2.75) is 39.5 Å². The highest BCUT2D eigenvalue weighted by Crippen LogP contribution is 2.34. The van der Waals surface area contributed by atoms with Gasteiger partial charge in [0.2, 0.25) is 5.91 Å². The van der Waals surface area contributed by atoms with Crippen molar-refractivity contribution < 1.29 is 18.7 Å². The number of nitrogens with zero attached hydrogens (tertiary/aromatic N) is 7. The first kappa shape index (κ1) is 30.2. The number of allylic oxidation sites excluding steroid dienone is 3. The highest BCUT2D eigenvalue weighted by Gasteiger charge is 2.29. The fourth-order valence-electron chi connectivity index (χ4n) is 4.96. The number of amides is 1. The maximum absolute atomic E-state index is 15.8. The van der Waals surface area contributed by atoms with Crippen LogP contribution in [0.5, 0.6) is 0 Å². The molecule has 0 bridgehead atoms. The van der Waals surface area contributed by atoms with Crippen molar-refractivity contribution in [2.24, 2.45) is 0 Å². The topological polar surface area (TPSA) is 117 Å². The number of hydrogen-bond acceptors (Lipinski definition) is 8. The summed E-state index contributed by atoms with van der Waals surface area (Å²) in [6, 6.07) is 1.10. The highest BCUT2D eigenvalue weighted by molar-refractivity contribution is 5.91. The van der Waals surface area contributed by atoms with Crippen LogP contribution in [0.15, 0.2) is 60.7 Å². The van der Waals surface area contributed by atoms with Gasteiger partial charge in [-0.3, -0.25) is 4.79 Å². The molecule has 12 heteroatoms. The van der Waals surface area contributed by atoms with Crippen LogP contribution < -0.4 is 10.6 Å². The number of rotatable bonds is 8. The van der Waals surface area contributed by atoms with Gasteiger partial charge in [-0.05, 0) is 30.1 Å². The Bertz CT molecular complexity index is 1660. The smallest absolute Gasteiger partial charge is 0.355 e. The van der Waals surface area contributed by atoms with E-state index in [-0.39, 0.29) is 34.6 Å². The van der Waals surface area contributed by atoms with Crippen molar-refractivity contribution in [3.05, 3.63) is 89.3 Å². The van der Waals surface area contributed by atoms with E-state index >= 15 is 4.39 Å². The van der Waals surface area contributed by atoms with Gasteiger partial charge in [0.15, 0.2) is 11.5 Å². The number of anilines is 1. The van der Waals surface area contributed by atoms with E-state index in [1.807, 2.05) is 27.7 Å². The number of aromatic nitrogens is 5. The van der Waals surface area contributed by atoms with Crippen LogP contribution in [0.2, 0.25) is 0 Å². The number of carbonyl (C=O) groups excluding carboxylic acids is 1. The SMILES string of the molecule is C=CC(=O)N1CCN(c2nc(=O)n(-c3c(C(C)C)ncnc3C(C)C)c3nc(/C(C(=C)F)=C(\O)C=C)c(F)cc23)CC1. The largest absolute Gasteiger partial charge is 0.507 e. The lowest BCUT2D eigenvalue weighted by Crippen LogP contribution is -2.49. The van der Waals surface area contributed by atoms with Crippen molar-refractivity contribution >= 4 is 28.3 Å². The lowest BCUT2D eigenvalue weighted by Gasteiger charge is -2.35. The van der Waals surface area contributed by atoms with Crippen molar-refractivity contribution in [1.29, 1.82) is 0 Å². The first-order valence-electron chi connectivity index (χ1n) is 13.5. The Morgan fingerprint density at radius 3 is 2.12 bits per heavy atom. The van der Waals surface area contributed by atoms with E-state index in [0.29, 0.717) is 43.3 Å². The first-order chi connectivity index (χ1) is 19.9. The predicted octanol–water partition coefficient (Wildman–Crippen LogP) is 4.73. The van der Waals surface area contributed by atoms with Crippen LogP contribution in [0.3, 0.4) is 0 Å². The quantitative estimate of drug-likeness (QED) is 0.232. The zero-order chi connectivity index (χ0) is 30.9. The number of halogens is 2. The van der Waals surface area contributed by atoms with E-state index in [2.05, 4.69) is 39.7 Å².